The molecule has 0 aliphatic carbocycles. The Bertz CT molecular complexity index is 1470. The van der Waals surface area contributed by atoms with Gasteiger partial charge in [-0.3, -0.25) is 24.2 Å². The highest BCUT2D eigenvalue weighted by Crippen LogP contribution is 2.29. The number of hydrogen-bond donors (Lipinski definition) is 0. The zero-order valence-corrected chi connectivity index (χ0v) is 26.2. The van der Waals surface area contributed by atoms with Crippen LogP contribution in [0.5, 0.6) is 11.5 Å². The van der Waals surface area contributed by atoms with Crippen LogP contribution >= 0.6 is 0 Å². The average molecular weight is 642 g/mol. The molecule has 4 atom stereocenters. The molecule has 3 rings (SSSR count). The van der Waals surface area contributed by atoms with Gasteiger partial charge in [0.05, 0.1) is 19.4 Å². The number of methoxy groups -OCH3 is 1. The number of ketones is 1. The van der Waals surface area contributed by atoms with Crippen LogP contribution in [-0.4, -0.2) is 93.7 Å². The molecule has 1 fully saturated rings. The van der Waals surface area contributed by atoms with Crippen molar-refractivity contribution in [2.45, 2.75) is 45.4 Å². The summed E-state index contributed by atoms with van der Waals surface area (Å²) >= 11 is 0. The fourth-order valence-electron chi connectivity index (χ4n) is 4.12. The van der Waals surface area contributed by atoms with E-state index >= 15 is 0 Å². The van der Waals surface area contributed by atoms with Crippen molar-refractivity contribution in [2.24, 2.45) is 10.3 Å². The number of hydrogen-bond acceptors (Lipinski definition) is 14. The molecule has 0 N–H and O–H groups in total. The van der Waals surface area contributed by atoms with Crippen molar-refractivity contribution in [3.05, 3.63) is 59.7 Å². The minimum atomic E-state index is -1.50. The number of rotatable bonds is 13. The van der Waals surface area contributed by atoms with Gasteiger partial charge in [-0.1, -0.05) is 17.4 Å². The third-order valence-electron chi connectivity index (χ3n) is 6.00. The van der Waals surface area contributed by atoms with Crippen LogP contribution in [-0.2, 0) is 42.9 Å². The lowest BCUT2D eigenvalue weighted by Gasteiger charge is -2.39. The molecular formula is C31H35N3O12. The predicted molar refractivity (Wildman–Crippen MR) is 159 cm³/mol. The summed E-state index contributed by atoms with van der Waals surface area (Å²) in [4.78, 5) is 60.4. The highest BCUT2D eigenvalue weighted by molar-refractivity contribution is 6.07. The number of allylic oxidation sites excluding steroid dienone is 1. The lowest BCUT2D eigenvalue weighted by atomic mass is 10.0. The lowest BCUT2D eigenvalue weighted by Crippen LogP contribution is -2.58. The first-order valence-electron chi connectivity index (χ1n) is 13.9. The van der Waals surface area contributed by atoms with Gasteiger partial charge in [-0.05, 0) is 48.0 Å². The van der Waals surface area contributed by atoms with E-state index in [-0.39, 0.29) is 23.9 Å². The van der Waals surface area contributed by atoms with Gasteiger partial charge in [0.2, 0.25) is 12.4 Å². The second-order valence-corrected chi connectivity index (χ2v) is 9.97. The van der Waals surface area contributed by atoms with Gasteiger partial charge in [0.25, 0.3) is 0 Å². The molecule has 0 aromatic heterocycles. The van der Waals surface area contributed by atoms with Gasteiger partial charge in [0.15, 0.2) is 36.1 Å². The quantitative estimate of drug-likeness (QED) is 0.0778. The highest BCUT2D eigenvalue weighted by Gasteiger charge is 2.48. The van der Waals surface area contributed by atoms with Gasteiger partial charge < -0.3 is 33.2 Å². The molecule has 246 valence electrons. The number of carbonyl (C=O) groups excluding carboxylic acids is 5. The SMILES string of the molecule is COc1cc(/C=C/C(=O)c2ccc(N=NN(C)C)cc2)ccc1OCC(=O)O[C@H]1OC[C@H](OC(C)=O)C(OC(C)=O)[C@@H]1OC(C)=O. The maximum Gasteiger partial charge on any atom is 0.346 e. The molecule has 0 spiro atoms. The lowest BCUT2D eigenvalue weighted by molar-refractivity contribution is -0.274. The molecule has 0 radical (unpaired) electrons. The normalized spacial score (nSPS) is 19.3. The Morgan fingerprint density at radius 3 is 2.13 bits per heavy atom. The van der Waals surface area contributed by atoms with Crippen molar-refractivity contribution in [3.63, 3.8) is 0 Å². The summed E-state index contributed by atoms with van der Waals surface area (Å²) in [6.07, 6.45) is -2.35. The molecule has 0 bridgehead atoms. The smallest absolute Gasteiger partial charge is 0.346 e. The van der Waals surface area contributed by atoms with Crippen molar-refractivity contribution in [3.8, 4) is 11.5 Å². The van der Waals surface area contributed by atoms with Crippen LogP contribution in [0, 0.1) is 0 Å². The fourth-order valence-corrected chi connectivity index (χ4v) is 4.12. The molecule has 1 aliphatic rings. The van der Waals surface area contributed by atoms with Crippen LogP contribution in [0.25, 0.3) is 6.08 Å². The molecule has 0 saturated carbocycles. The van der Waals surface area contributed by atoms with E-state index in [2.05, 4.69) is 10.3 Å². The Balaban J connectivity index is 1.64. The number of esters is 4. The predicted octanol–water partition coefficient (Wildman–Crippen LogP) is 3.23. The number of carbonyl (C=O) groups is 5. The zero-order chi connectivity index (χ0) is 33.8. The molecule has 1 aliphatic heterocycles. The molecule has 0 amide bonds. The van der Waals surface area contributed by atoms with E-state index in [1.54, 1.807) is 67.6 Å². The highest BCUT2D eigenvalue weighted by atomic mass is 16.7. The maximum absolute atomic E-state index is 12.7. The second-order valence-electron chi connectivity index (χ2n) is 9.97. The number of benzene rings is 2. The van der Waals surface area contributed by atoms with Crippen LogP contribution < -0.4 is 9.47 Å². The first-order valence-corrected chi connectivity index (χ1v) is 13.9. The third kappa shape index (κ3) is 10.7. The summed E-state index contributed by atoms with van der Waals surface area (Å²) in [5.74, 6) is -2.91. The summed E-state index contributed by atoms with van der Waals surface area (Å²) in [5, 5.41) is 9.50. The Hall–Kier alpha value is -5.31. The van der Waals surface area contributed by atoms with E-state index < -0.39 is 55.1 Å². The third-order valence-corrected chi connectivity index (χ3v) is 6.00. The van der Waals surface area contributed by atoms with E-state index in [0.29, 0.717) is 16.8 Å². The Kier molecular flexibility index (Phi) is 12.8. The first kappa shape index (κ1) is 35.2. The standard InChI is InChI=1S/C31H35N3O12/c1-18(35)43-27-16-42-31(30(45-20(3)37)29(27)44-19(2)36)46-28(39)17-41-25-14-8-21(15-26(25)40-6)7-13-24(38)22-9-11-23(12-10-22)32-33-34(4)5/h7-15,27,29-31H,16-17H2,1-6H3/b13-7+,33-32?/t27-,29?,30-,31+/m0/s1. The Morgan fingerprint density at radius 1 is 0.870 bits per heavy atom. The van der Waals surface area contributed by atoms with Crippen LogP contribution in [0.2, 0.25) is 0 Å². The number of ether oxygens (including phenoxy) is 7. The fraction of sp³-hybridized carbons (Fsp3) is 0.387. The Morgan fingerprint density at radius 2 is 1.52 bits per heavy atom. The van der Waals surface area contributed by atoms with Crippen LogP contribution in [0.4, 0.5) is 5.69 Å². The molecule has 1 saturated heterocycles. The van der Waals surface area contributed by atoms with Gasteiger partial charge in [-0.25, -0.2) is 4.79 Å². The van der Waals surface area contributed by atoms with Crippen molar-refractivity contribution >= 4 is 41.4 Å². The van der Waals surface area contributed by atoms with Crippen molar-refractivity contribution < 1.29 is 57.1 Å². The molecular weight excluding hydrogens is 606 g/mol. The minimum absolute atomic E-state index is 0.194. The van der Waals surface area contributed by atoms with Gasteiger partial charge >= 0.3 is 23.9 Å². The topological polar surface area (TPSA) is 178 Å². The van der Waals surface area contributed by atoms with E-state index in [4.69, 9.17) is 33.2 Å². The molecule has 15 nitrogen and oxygen atoms in total. The molecule has 46 heavy (non-hydrogen) atoms. The van der Waals surface area contributed by atoms with E-state index in [0.717, 1.165) is 20.8 Å². The summed E-state index contributed by atoms with van der Waals surface area (Å²) < 4.78 is 37.4. The summed E-state index contributed by atoms with van der Waals surface area (Å²) in [5.41, 5.74) is 1.69. The van der Waals surface area contributed by atoms with E-state index in [1.807, 2.05) is 0 Å². The van der Waals surface area contributed by atoms with Crippen molar-refractivity contribution in [1.82, 2.24) is 5.01 Å². The largest absolute Gasteiger partial charge is 0.493 e. The van der Waals surface area contributed by atoms with E-state index in [1.165, 1.54) is 13.2 Å². The molecule has 1 heterocycles. The summed E-state index contributed by atoms with van der Waals surface area (Å²) in [6, 6.07) is 11.5. The average Bonchev–Trinajstić information content (AvgIpc) is 3.00. The number of nitrogens with zero attached hydrogens (tertiary/aromatic N) is 3. The van der Waals surface area contributed by atoms with Gasteiger partial charge in [0, 0.05) is 40.4 Å². The van der Waals surface area contributed by atoms with Gasteiger partial charge in [0.1, 0.15) is 0 Å². The zero-order valence-electron chi connectivity index (χ0n) is 26.2. The molecule has 1 unspecified atom stereocenters. The van der Waals surface area contributed by atoms with Crippen LogP contribution in [0.15, 0.2) is 58.9 Å². The molecule has 15 heteroatoms. The van der Waals surface area contributed by atoms with Gasteiger partial charge in [-0.2, -0.15) is 0 Å². The Labute approximate surface area is 265 Å². The van der Waals surface area contributed by atoms with Gasteiger partial charge in [-0.15, -0.1) is 5.11 Å². The summed E-state index contributed by atoms with van der Waals surface area (Å²) in [7, 11) is 4.90. The van der Waals surface area contributed by atoms with Crippen molar-refractivity contribution in [1.29, 1.82) is 0 Å². The molecule has 2 aromatic rings. The summed E-state index contributed by atoms with van der Waals surface area (Å²) in [6.45, 7) is 2.45. The second kappa shape index (κ2) is 16.7. The first-order chi connectivity index (χ1) is 21.9. The maximum atomic E-state index is 12.7. The molecule has 2 aromatic carbocycles. The van der Waals surface area contributed by atoms with Crippen molar-refractivity contribution in [2.75, 3.05) is 34.4 Å². The van der Waals surface area contributed by atoms with Crippen LogP contribution in [0.1, 0.15) is 36.7 Å². The minimum Gasteiger partial charge on any atom is -0.493 e. The van der Waals surface area contributed by atoms with E-state index in [9.17, 15) is 24.0 Å². The van der Waals surface area contributed by atoms with Crippen LogP contribution in [0.3, 0.4) is 0 Å². The monoisotopic (exact) mass is 641 g/mol.